The van der Waals surface area contributed by atoms with Crippen molar-refractivity contribution in [2.75, 3.05) is 7.11 Å². The number of esters is 1. The second kappa shape index (κ2) is 8.50. The molecule has 126 valence electrons. The summed E-state index contributed by atoms with van der Waals surface area (Å²) in [4.78, 5) is 23.5. The van der Waals surface area contributed by atoms with E-state index in [-0.39, 0.29) is 24.3 Å². The molecule has 0 aliphatic rings. The third-order valence-corrected chi connectivity index (χ3v) is 3.73. The third kappa shape index (κ3) is 5.39. The molecule has 0 saturated heterocycles. The molecule has 0 bridgehead atoms. The van der Waals surface area contributed by atoms with Crippen LogP contribution in [0, 0.1) is 0 Å². The quantitative estimate of drug-likeness (QED) is 0.559. The molecular formula is C19H19ClO4. The Morgan fingerprint density at radius 2 is 1.67 bits per heavy atom. The Hall–Kier alpha value is -2.33. The van der Waals surface area contributed by atoms with Crippen molar-refractivity contribution in [1.82, 2.24) is 0 Å². The molecule has 0 N–H and O–H groups in total. The summed E-state index contributed by atoms with van der Waals surface area (Å²) in [6, 6.07) is 14.1. The second-order valence-corrected chi connectivity index (χ2v) is 5.90. The highest BCUT2D eigenvalue weighted by Crippen LogP contribution is 2.17. The number of rotatable bonds is 7. The number of carbonyl (C=O) groups is 2. The van der Waals surface area contributed by atoms with Gasteiger partial charge in [-0.3, -0.25) is 9.59 Å². The Morgan fingerprint density at radius 3 is 2.25 bits per heavy atom. The number of benzene rings is 2. The van der Waals surface area contributed by atoms with Gasteiger partial charge >= 0.3 is 5.97 Å². The zero-order chi connectivity index (χ0) is 17.5. The van der Waals surface area contributed by atoms with Gasteiger partial charge in [0.1, 0.15) is 11.9 Å². The lowest BCUT2D eigenvalue weighted by atomic mass is 10.0. The first kappa shape index (κ1) is 18.0. The predicted octanol–water partition coefficient (Wildman–Crippen LogP) is 4.10. The lowest BCUT2D eigenvalue weighted by molar-refractivity contribution is -0.142. The summed E-state index contributed by atoms with van der Waals surface area (Å²) in [6.45, 7) is 1.79. The van der Waals surface area contributed by atoms with Gasteiger partial charge in [-0.05, 0) is 48.9 Å². The van der Waals surface area contributed by atoms with Gasteiger partial charge in [0.05, 0.1) is 13.5 Å². The molecule has 0 aliphatic heterocycles. The summed E-state index contributed by atoms with van der Waals surface area (Å²) in [6.07, 6.45) is 0.192. The molecule has 1 atom stereocenters. The van der Waals surface area contributed by atoms with Gasteiger partial charge in [0.15, 0.2) is 5.78 Å². The van der Waals surface area contributed by atoms with Gasteiger partial charge in [-0.1, -0.05) is 23.7 Å². The smallest absolute Gasteiger partial charge is 0.309 e. The molecule has 1 unspecified atom stereocenters. The van der Waals surface area contributed by atoms with Crippen LogP contribution in [0.5, 0.6) is 5.75 Å². The Balaban J connectivity index is 1.94. The molecule has 2 rings (SSSR count). The lowest BCUT2D eigenvalue weighted by Gasteiger charge is -2.13. The van der Waals surface area contributed by atoms with Gasteiger partial charge in [-0.15, -0.1) is 0 Å². The molecule has 5 heteroatoms. The molecular weight excluding hydrogens is 328 g/mol. The second-order valence-electron chi connectivity index (χ2n) is 5.46. The van der Waals surface area contributed by atoms with Gasteiger partial charge in [-0.2, -0.15) is 0 Å². The topological polar surface area (TPSA) is 52.6 Å². The molecule has 0 aliphatic carbocycles. The fourth-order valence-corrected chi connectivity index (χ4v) is 2.33. The first-order valence-electron chi connectivity index (χ1n) is 7.59. The Bertz CT molecular complexity index is 692. The molecule has 0 fully saturated rings. The monoisotopic (exact) mass is 346 g/mol. The number of methoxy groups -OCH3 is 1. The van der Waals surface area contributed by atoms with Crippen LogP contribution in [0.1, 0.15) is 29.3 Å². The highest BCUT2D eigenvalue weighted by atomic mass is 35.5. The third-order valence-electron chi connectivity index (χ3n) is 3.47. The molecule has 2 aromatic carbocycles. The molecule has 0 radical (unpaired) electrons. The number of carbonyl (C=O) groups excluding carboxylic acids is 2. The normalized spacial score (nSPS) is 11.6. The van der Waals surface area contributed by atoms with Crippen molar-refractivity contribution >= 4 is 23.4 Å². The highest BCUT2D eigenvalue weighted by molar-refractivity contribution is 6.30. The van der Waals surface area contributed by atoms with Crippen LogP contribution in [0.25, 0.3) is 0 Å². The highest BCUT2D eigenvalue weighted by Gasteiger charge is 2.12. The zero-order valence-electron chi connectivity index (χ0n) is 13.6. The van der Waals surface area contributed by atoms with E-state index in [1.807, 2.05) is 12.1 Å². The summed E-state index contributed by atoms with van der Waals surface area (Å²) in [7, 11) is 1.34. The molecule has 2 aromatic rings. The van der Waals surface area contributed by atoms with Crippen LogP contribution < -0.4 is 4.74 Å². The van der Waals surface area contributed by atoms with Crippen molar-refractivity contribution < 1.29 is 19.1 Å². The summed E-state index contributed by atoms with van der Waals surface area (Å²) in [5, 5.41) is 0.647. The van der Waals surface area contributed by atoms with E-state index in [9.17, 15) is 9.59 Å². The lowest BCUT2D eigenvalue weighted by Crippen LogP contribution is -2.17. The van der Waals surface area contributed by atoms with E-state index in [1.165, 1.54) is 7.11 Å². The number of ketones is 1. The van der Waals surface area contributed by atoms with E-state index in [2.05, 4.69) is 4.74 Å². The summed E-state index contributed by atoms with van der Waals surface area (Å²) in [5.74, 6) is 0.304. The standard InChI is InChI=1S/C19H19ClO4/c1-13(11-19(22)23-2)24-17-9-5-15(6-10-17)18(21)12-14-3-7-16(20)8-4-14/h3-10,13H,11-12H2,1-2H3. The van der Waals surface area contributed by atoms with Gasteiger partial charge < -0.3 is 9.47 Å². The van der Waals surface area contributed by atoms with E-state index in [0.29, 0.717) is 22.8 Å². The van der Waals surface area contributed by atoms with Crippen molar-refractivity contribution in [2.24, 2.45) is 0 Å². The fourth-order valence-electron chi connectivity index (χ4n) is 2.20. The Morgan fingerprint density at radius 1 is 1.04 bits per heavy atom. The maximum atomic E-state index is 12.3. The maximum Gasteiger partial charge on any atom is 0.309 e. The van der Waals surface area contributed by atoms with E-state index in [0.717, 1.165) is 5.56 Å². The number of ether oxygens (including phenoxy) is 2. The van der Waals surface area contributed by atoms with Crippen LogP contribution in [-0.4, -0.2) is 25.0 Å². The number of halogens is 1. The summed E-state index contributed by atoms with van der Waals surface area (Å²) < 4.78 is 10.2. The van der Waals surface area contributed by atoms with Crippen LogP contribution in [0.3, 0.4) is 0 Å². The van der Waals surface area contributed by atoms with Crippen LogP contribution in [-0.2, 0) is 16.0 Å². The first-order valence-corrected chi connectivity index (χ1v) is 7.97. The summed E-state index contributed by atoms with van der Waals surface area (Å²) in [5.41, 5.74) is 1.52. The molecule has 0 aromatic heterocycles. The van der Waals surface area contributed by atoms with Gasteiger partial charge in [-0.25, -0.2) is 0 Å². The molecule has 0 spiro atoms. The molecule has 24 heavy (non-hydrogen) atoms. The first-order chi connectivity index (χ1) is 11.5. The Labute approximate surface area is 146 Å². The van der Waals surface area contributed by atoms with Crippen molar-refractivity contribution in [3.05, 3.63) is 64.7 Å². The predicted molar refractivity (Wildman–Crippen MR) is 92.7 cm³/mol. The summed E-state index contributed by atoms with van der Waals surface area (Å²) >= 11 is 5.84. The van der Waals surface area contributed by atoms with Gasteiger partial charge in [0, 0.05) is 17.0 Å². The van der Waals surface area contributed by atoms with Crippen molar-refractivity contribution in [2.45, 2.75) is 25.9 Å². The van der Waals surface area contributed by atoms with Crippen molar-refractivity contribution in [3.63, 3.8) is 0 Å². The van der Waals surface area contributed by atoms with E-state index >= 15 is 0 Å². The SMILES string of the molecule is COC(=O)CC(C)Oc1ccc(C(=O)Cc2ccc(Cl)cc2)cc1. The molecule has 4 nitrogen and oxygen atoms in total. The molecule has 0 amide bonds. The number of Topliss-reactive ketones (excluding diaryl/α,β-unsaturated/α-hetero) is 1. The van der Waals surface area contributed by atoms with Crippen LogP contribution in [0.15, 0.2) is 48.5 Å². The molecule has 0 heterocycles. The minimum Gasteiger partial charge on any atom is -0.490 e. The van der Waals surface area contributed by atoms with Crippen molar-refractivity contribution in [1.29, 1.82) is 0 Å². The maximum absolute atomic E-state index is 12.3. The van der Waals surface area contributed by atoms with Crippen LogP contribution in [0.2, 0.25) is 5.02 Å². The molecule has 0 saturated carbocycles. The minimum atomic E-state index is -0.322. The zero-order valence-corrected chi connectivity index (χ0v) is 14.4. The number of hydrogen-bond donors (Lipinski definition) is 0. The van der Waals surface area contributed by atoms with Gasteiger partial charge in [0.25, 0.3) is 0 Å². The fraction of sp³-hybridized carbons (Fsp3) is 0.263. The van der Waals surface area contributed by atoms with E-state index in [1.54, 1.807) is 43.3 Å². The van der Waals surface area contributed by atoms with Crippen LogP contribution in [0.4, 0.5) is 0 Å². The average Bonchev–Trinajstić information content (AvgIpc) is 2.57. The van der Waals surface area contributed by atoms with Crippen LogP contribution >= 0.6 is 11.6 Å². The largest absolute Gasteiger partial charge is 0.490 e. The van der Waals surface area contributed by atoms with E-state index in [4.69, 9.17) is 16.3 Å². The van der Waals surface area contributed by atoms with Gasteiger partial charge in [0.2, 0.25) is 0 Å². The van der Waals surface area contributed by atoms with E-state index < -0.39 is 0 Å². The minimum absolute atomic E-state index is 0.0199. The number of hydrogen-bond acceptors (Lipinski definition) is 4. The Kier molecular flexibility index (Phi) is 6.38. The average molecular weight is 347 g/mol. The van der Waals surface area contributed by atoms with Crippen molar-refractivity contribution in [3.8, 4) is 5.75 Å².